The summed E-state index contributed by atoms with van der Waals surface area (Å²) in [5.41, 5.74) is 5.25. The van der Waals surface area contributed by atoms with Crippen LogP contribution in [0.4, 0.5) is 11.6 Å². The van der Waals surface area contributed by atoms with Crippen molar-refractivity contribution in [3.63, 3.8) is 0 Å². The number of amides is 1. The lowest BCUT2D eigenvalue weighted by atomic mass is 9.99. The number of aromatic nitrogens is 2. The highest BCUT2D eigenvalue weighted by Gasteiger charge is 2.22. The molecule has 0 bridgehead atoms. The van der Waals surface area contributed by atoms with Gasteiger partial charge in [0.25, 0.3) is 5.91 Å². The molecule has 2 heterocycles. The molecule has 1 N–H and O–H groups in total. The first-order valence-electron chi connectivity index (χ1n) is 9.66. The van der Waals surface area contributed by atoms with Crippen LogP contribution in [0.2, 0.25) is 0 Å². The van der Waals surface area contributed by atoms with Crippen LogP contribution in [0.3, 0.4) is 0 Å². The van der Waals surface area contributed by atoms with E-state index in [1.165, 1.54) is 16.7 Å². The van der Waals surface area contributed by atoms with Crippen molar-refractivity contribution in [3.8, 4) is 0 Å². The number of hydrogen-bond donors (Lipinski definition) is 1. The molecule has 5 heteroatoms. The topological polar surface area (TPSA) is 58.1 Å². The van der Waals surface area contributed by atoms with Gasteiger partial charge in [0.05, 0.1) is 5.56 Å². The lowest BCUT2D eigenvalue weighted by molar-refractivity contribution is 0.0734. The number of fused-ring (bicyclic) bond motifs is 1. The molecule has 1 aliphatic rings. The third-order valence-electron chi connectivity index (χ3n) is 5.15. The number of benzene rings is 2. The Morgan fingerprint density at radius 2 is 1.68 bits per heavy atom. The highest BCUT2D eigenvalue weighted by Crippen LogP contribution is 2.26. The van der Waals surface area contributed by atoms with Gasteiger partial charge in [-0.3, -0.25) is 4.79 Å². The first-order valence-corrected chi connectivity index (χ1v) is 9.66. The highest BCUT2D eigenvalue weighted by molar-refractivity contribution is 5.93. The van der Waals surface area contributed by atoms with Gasteiger partial charge in [0.1, 0.15) is 0 Å². The minimum Gasteiger partial charge on any atom is -0.334 e. The zero-order chi connectivity index (χ0) is 19.5. The van der Waals surface area contributed by atoms with Crippen molar-refractivity contribution in [3.05, 3.63) is 83.2 Å². The van der Waals surface area contributed by atoms with E-state index in [0.29, 0.717) is 24.0 Å². The molecule has 0 aliphatic carbocycles. The van der Waals surface area contributed by atoms with Crippen LogP contribution in [0.15, 0.2) is 60.9 Å². The van der Waals surface area contributed by atoms with Crippen molar-refractivity contribution in [1.82, 2.24) is 14.9 Å². The Hall–Kier alpha value is -3.21. The van der Waals surface area contributed by atoms with E-state index < -0.39 is 0 Å². The Morgan fingerprint density at radius 1 is 1.00 bits per heavy atom. The minimum absolute atomic E-state index is 0.0244. The molecule has 3 aromatic rings. The number of carbonyl (C=O) groups is 1. The van der Waals surface area contributed by atoms with Crippen molar-refractivity contribution < 1.29 is 4.79 Å². The molecule has 0 atom stereocenters. The van der Waals surface area contributed by atoms with Gasteiger partial charge in [0.15, 0.2) is 0 Å². The third-order valence-corrected chi connectivity index (χ3v) is 5.15. The average Bonchev–Trinajstić information content (AvgIpc) is 2.73. The van der Waals surface area contributed by atoms with Crippen molar-refractivity contribution in [2.75, 3.05) is 11.9 Å². The van der Waals surface area contributed by atoms with Gasteiger partial charge < -0.3 is 10.2 Å². The standard InChI is InChI=1S/C23H24N4O/c1-16(2)20-9-5-6-10-21(20)26-23-24-13-19(14-25-23)22(28)27-12-11-17-7-3-4-8-18(17)15-27/h3-10,13-14,16H,11-12,15H2,1-2H3,(H,24,25,26). The van der Waals surface area contributed by atoms with E-state index in [2.05, 4.69) is 47.3 Å². The molecule has 0 saturated carbocycles. The number of carbonyl (C=O) groups excluding carboxylic acids is 1. The summed E-state index contributed by atoms with van der Waals surface area (Å²) in [7, 11) is 0. The predicted octanol–water partition coefficient (Wildman–Crippen LogP) is 4.54. The van der Waals surface area contributed by atoms with Gasteiger partial charge in [-0.25, -0.2) is 9.97 Å². The number of nitrogens with one attached hydrogen (secondary N) is 1. The van der Waals surface area contributed by atoms with E-state index >= 15 is 0 Å². The van der Waals surface area contributed by atoms with E-state index in [1.807, 2.05) is 35.2 Å². The molecule has 0 spiro atoms. The molecule has 0 radical (unpaired) electrons. The number of nitrogens with zero attached hydrogens (tertiary/aromatic N) is 3. The van der Waals surface area contributed by atoms with Gasteiger partial charge in [-0.15, -0.1) is 0 Å². The first kappa shape index (κ1) is 18.2. The maximum atomic E-state index is 12.8. The molecule has 0 unspecified atom stereocenters. The fourth-order valence-electron chi connectivity index (χ4n) is 3.59. The van der Waals surface area contributed by atoms with Gasteiger partial charge in [0, 0.05) is 31.2 Å². The lowest BCUT2D eigenvalue weighted by Crippen LogP contribution is -2.36. The summed E-state index contributed by atoms with van der Waals surface area (Å²) in [4.78, 5) is 23.4. The van der Waals surface area contributed by atoms with Crippen molar-refractivity contribution >= 4 is 17.5 Å². The summed E-state index contributed by atoms with van der Waals surface area (Å²) in [6.07, 6.45) is 4.10. The molecule has 1 amide bonds. The van der Waals surface area contributed by atoms with E-state index in [4.69, 9.17) is 0 Å². The van der Waals surface area contributed by atoms with Crippen LogP contribution in [-0.4, -0.2) is 27.3 Å². The average molecular weight is 372 g/mol. The molecule has 1 aliphatic heterocycles. The smallest absolute Gasteiger partial charge is 0.257 e. The number of anilines is 2. The van der Waals surface area contributed by atoms with Crippen molar-refractivity contribution in [2.24, 2.45) is 0 Å². The summed E-state index contributed by atoms with van der Waals surface area (Å²) < 4.78 is 0. The molecule has 4 rings (SSSR count). The Labute approximate surface area is 165 Å². The first-order chi connectivity index (χ1) is 13.6. The summed E-state index contributed by atoms with van der Waals surface area (Å²) in [5, 5.41) is 3.27. The van der Waals surface area contributed by atoms with E-state index in [1.54, 1.807) is 12.4 Å². The van der Waals surface area contributed by atoms with Gasteiger partial charge in [-0.1, -0.05) is 56.3 Å². The lowest BCUT2D eigenvalue weighted by Gasteiger charge is -2.28. The largest absolute Gasteiger partial charge is 0.334 e. The quantitative estimate of drug-likeness (QED) is 0.730. The monoisotopic (exact) mass is 372 g/mol. The van der Waals surface area contributed by atoms with Gasteiger partial charge in [-0.05, 0) is 35.1 Å². The van der Waals surface area contributed by atoms with Crippen LogP contribution >= 0.6 is 0 Å². The number of rotatable bonds is 4. The molecular weight excluding hydrogens is 348 g/mol. The minimum atomic E-state index is -0.0244. The highest BCUT2D eigenvalue weighted by atomic mass is 16.2. The second-order valence-corrected chi connectivity index (χ2v) is 7.41. The SMILES string of the molecule is CC(C)c1ccccc1Nc1ncc(C(=O)N2CCc3ccccc3C2)cn1. The Kier molecular flexibility index (Phi) is 5.06. The van der Waals surface area contributed by atoms with Crippen LogP contribution < -0.4 is 5.32 Å². The zero-order valence-electron chi connectivity index (χ0n) is 16.2. The number of para-hydroxylation sites is 1. The van der Waals surface area contributed by atoms with E-state index in [9.17, 15) is 4.79 Å². The predicted molar refractivity (Wildman–Crippen MR) is 111 cm³/mol. The van der Waals surface area contributed by atoms with Crippen LogP contribution in [0.5, 0.6) is 0 Å². The molecule has 0 saturated heterocycles. The zero-order valence-corrected chi connectivity index (χ0v) is 16.2. The molecule has 28 heavy (non-hydrogen) atoms. The molecular formula is C23H24N4O. The Balaban J connectivity index is 1.47. The summed E-state index contributed by atoms with van der Waals surface area (Å²) in [6.45, 7) is 5.66. The molecule has 0 fully saturated rings. The van der Waals surface area contributed by atoms with Gasteiger partial charge in [0.2, 0.25) is 5.95 Å². The fraction of sp³-hybridized carbons (Fsp3) is 0.261. The van der Waals surface area contributed by atoms with E-state index in [0.717, 1.165) is 18.7 Å². The maximum absolute atomic E-state index is 12.8. The second kappa shape index (κ2) is 7.80. The molecule has 142 valence electrons. The molecule has 1 aromatic heterocycles. The Morgan fingerprint density at radius 3 is 2.43 bits per heavy atom. The fourth-order valence-corrected chi connectivity index (χ4v) is 3.59. The van der Waals surface area contributed by atoms with Crippen molar-refractivity contribution in [2.45, 2.75) is 32.7 Å². The molecule has 2 aromatic carbocycles. The number of hydrogen-bond acceptors (Lipinski definition) is 4. The van der Waals surface area contributed by atoms with Crippen LogP contribution in [0.1, 0.15) is 46.8 Å². The normalized spacial score (nSPS) is 13.3. The molecule has 5 nitrogen and oxygen atoms in total. The third kappa shape index (κ3) is 3.74. The maximum Gasteiger partial charge on any atom is 0.257 e. The van der Waals surface area contributed by atoms with Gasteiger partial charge >= 0.3 is 0 Å². The van der Waals surface area contributed by atoms with Gasteiger partial charge in [-0.2, -0.15) is 0 Å². The second-order valence-electron chi connectivity index (χ2n) is 7.41. The van der Waals surface area contributed by atoms with Crippen molar-refractivity contribution in [1.29, 1.82) is 0 Å². The van der Waals surface area contributed by atoms with Crippen LogP contribution in [0.25, 0.3) is 0 Å². The summed E-state index contributed by atoms with van der Waals surface area (Å²) in [5.74, 6) is 0.865. The van der Waals surface area contributed by atoms with E-state index in [-0.39, 0.29) is 5.91 Å². The van der Waals surface area contributed by atoms with Crippen LogP contribution in [-0.2, 0) is 13.0 Å². The summed E-state index contributed by atoms with van der Waals surface area (Å²) >= 11 is 0. The Bertz CT molecular complexity index is 982. The van der Waals surface area contributed by atoms with Crippen LogP contribution in [0, 0.1) is 0 Å². The summed E-state index contributed by atoms with van der Waals surface area (Å²) in [6, 6.07) is 16.4.